The molecule has 5 atom stereocenters. The van der Waals surface area contributed by atoms with E-state index >= 15 is 0 Å². The Morgan fingerprint density at radius 1 is 1.17 bits per heavy atom. The van der Waals surface area contributed by atoms with Gasteiger partial charge in [0.2, 0.25) is 5.91 Å². The first-order chi connectivity index (χ1) is 16.7. The maximum atomic E-state index is 12.8. The molecule has 0 aromatic carbocycles. The van der Waals surface area contributed by atoms with Gasteiger partial charge in [-0.15, -0.1) is 0 Å². The summed E-state index contributed by atoms with van der Waals surface area (Å²) in [5.41, 5.74) is 0.565. The van der Waals surface area contributed by atoms with Gasteiger partial charge in [0.05, 0.1) is 25.2 Å². The third-order valence-corrected chi connectivity index (χ3v) is 7.87. The molecule has 1 saturated carbocycles. The van der Waals surface area contributed by atoms with Gasteiger partial charge in [0.1, 0.15) is 23.1 Å². The topological polar surface area (TPSA) is 114 Å². The standard InChI is InChI=1S/C26H41N3O6/c1-16(2)6-11-20-25(3,35-20)23-22(32-5)19(12-13-26(23)15-33-26)34-24(31)29-18-9-7-17(8-10-18)28-21(30)14-27-4/h6,12,17-18,20,22-23,27H,7-11,13-15H2,1-5H3,(H,28,30)(H,29,31)/t17?,18?,20-,22?,23?,25?,26+/m1/s1. The van der Waals surface area contributed by atoms with E-state index in [-0.39, 0.29) is 35.6 Å². The fourth-order valence-corrected chi connectivity index (χ4v) is 5.82. The van der Waals surface area contributed by atoms with Crippen LogP contribution in [0.4, 0.5) is 4.79 Å². The fraction of sp³-hybridized carbons (Fsp3) is 0.769. The van der Waals surface area contributed by atoms with Gasteiger partial charge in [-0.05, 0) is 66.0 Å². The molecule has 3 fully saturated rings. The molecule has 2 aliphatic carbocycles. The molecule has 2 aliphatic heterocycles. The van der Waals surface area contributed by atoms with Gasteiger partial charge in [0.15, 0.2) is 0 Å². The minimum Gasteiger partial charge on any atom is -0.412 e. The highest BCUT2D eigenvalue weighted by atomic mass is 16.6. The number of methoxy groups -OCH3 is 1. The summed E-state index contributed by atoms with van der Waals surface area (Å²) < 4.78 is 23.9. The Labute approximate surface area is 208 Å². The van der Waals surface area contributed by atoms with Crippen LogP contribution in [0.1, 0.15) is 59.3 Å². The summed E-state index contributed by atoms with van der Waals surface area (Å²) in [7, 11) is 3.40. The minimum absolute atomic E-state index is 0.00144. The highest BCUT2D eigenvalue weighted by Gasteiger charge is 2.71. The zero-order chi connectivity index (χ0) is 25.2. The Hall–Kier alpha value is -1.94. The lowest BCUT2D eigenvalue weighted by Gasteiger charge is -2.38. The SMILES string of the molecule is CNCC(=O)NC1CCC(NC(=O)OC2=CC[C@]3(CO3)C(C3(C)O[C@@H]3CC=C(C)C)C2OC)CC1. The lowest BCUT2D eigenvalue weighted by Crippen LogP contribution is -2.50. The van der Waals surface area contributed by atoms with Gasteiger partial charge in [0.25, 0.3) is 0 Å². The van der Waals surface area contributed by atoms with Crippen molar-refractivity contribution in [3.05, 3.63) is 23.5 Å². The van der Waals surface area contributed by atoms with Crippen molar-refractivity contribution in [1.82, 2.24) is 16.0 Å². The average Bonchev–Trinajstić information content (AvgIpc) is 3.72. The predicted octanol–water partition coefficient (Wildman–Crippen LogP) is 2.56. The number of carbonyl (C=O) groups is 2. The predicted molar refractivity (Wildman–Crippen MR) is 131 cm³/mol. The number of likely N-dealkylation sites (N-methyl/N-ethyl adjacent to an activating group) is 1. The van der Waals surface area contributed by atoms with Crippen molar-refractivity contribution < 1.29 is 28.5 Å². The zero-order valence-electron chi connectivity index (χ0n) is 21.6. The monoisotopic (exact) mass is 491 g/mol. The fourth-order valence-electron chi connectivity index (χ4n) is 5.82. The first kappa shape index (κ1) is 26.1. The molecule has 9 nitrogen and oxygen atoms in total. The minimum atomic E-state index is -0.463. The largest absolute Gasteiger partial charge is 0.412 e. The number of alkyl carbamates (subject to hydrolysis) is 1. The Morgan fingerprint density at radius 3 is 2.40 bits per heavy atom. The lowest BCUT2D eigenvalue weighted by atomic mass is 9.71. The summed E-state index contributed by atoms with van der Waals surface area (Å²) in [5, 5.41) is 8.89. The Balaban J connectivity index is 1.32. The molecule has 0 bridgehead atoms. The van der Waals surface area contributed by atoms with E-state index < -0.39 is 17.8 Å². The summed E-state index contributed by atoms with van der Waals surface area (Å²) in [6, 6.07) is 0.176. The van der Waals surface area contributed by atoms with E-state index in [2.05, 4.69) is 42.8 Å². The number of allylic oxidation sites excluding steroid dienone is 1. The van der Waals surface area contributed by atoms with E-state index in [1.165, 1.54) is 5.57 Å². The maximum Gasteiger partial charge on any atom is 0.412 e. The third-order valence-electron chi connectivity index (χ3n) is 7.87. The molecule has 1 spiro atoms. The molecule has 0 aromatic heterocycles. The quantitative estimate of drug-likeness (QED) is 0.336. The molecule has 2 amide bonds. The Bertz CT molecular complexity index is 857. The van der Waals surface area contributed by atoms with Crippen molar-refractivity contribution in [2.75, 3.05) is 27.3 Å². The lowest BCUT2D eigenvalue weighted by molar-refractivity contribution is -0.121. The number of carbonyl (C=O) groups excluding carboxylic acids is 2. The van der Waals surface area contributed by atoms with Gasteiger partial charge in [-0.1, -0.05) is 11.6 Å². The second kappa shape index (κ2) is 10.6. The summed E-state index contributed by atoms with van der Waals surface area (Å²) >= 11 is 0. The van der Waals surface area contributed by atoms with Crippen LogP contribution in [0.25, 0.3) is 0 Å². The van der Waals surface area contributed by atoms with Crippen molar-refractivity contribution in [3.8, 4) is 0 Å². The van der Waals surface area contributed by atoms with Gasteiger partial charge in [0, 0.05) is 25.6 Å². The third kappa shape index (κ3) is 5.90. The number of hydrogen-bond acceptors (Lipinski definition) is 7. The molecular formula is C26H41N3O6. The molecule has 2 heterocycles. The van der Waals surface area contributed by atoms with E-state index in [0.29, 0.717) is 25.3 Å². The number of amides is 2. The Morgan fingerprint density at radius 2 is 1.83 bits per heavy atom. The molecule has 3 unspecified atom stereocenters. The molecular weight excluding hydrogens is 450 g/mol. The zero-order valence-corrected chi connectivity index (χ0v) is 21.6. The second-order valence-corrected chi connectivity index (χ2v) is 10.8. The molecule has 2 saturated heterocycles. The van der Waals surface area contributed by atoms with Crippen LogP contribution in [0, 0.1) is 5.92 Å². The molecule has 0 radical (unpaired) electrons. The smallest absolute Gasteiger partial charge is 0.412 e. The van der Waals surface area contributed by atoms with Gasteiger partial charge in [-0.25, -0.2) is 4.79 Å². The molecule has 196 valence electrons. The Kier molecular flexibility index (Phi) is 7.90. The van der Waals surface area contributed by atoms with Crippen LogP contribution in [0.5, 0.6) is 0 Å². The van der Waals surface area contributed by atoms with Crippen LogP contribution in [0.2, 0.25) is 0 Å². The van der Waals surface area contributed by atoms with Crippen LogP contribution in [-0.2, 0) is 23.7 Å². The molecule has 9 heteroatoms. The van der Waals surface area contributed by atoms with Gasteiger partial charge in [-0.3, -0.25) is 4.79 Å². The average molecular weight is 492 g/mol. The van der Waals surface area contributed by atoms with E-state index in [1.807, 2.05) is 6.08 Å². The van der Waals surface area contributed by atoms with Crippen molar-refractivity contribution >= 4 is 12.0 Å². The van der Waals surface area contributed by atoms with Crippen molar-refractivity contribution in [2.24, 2.45) is 5.92 Å². The summed E-state index contributed by atoms with van der Waals surface area (Å²) in [6.07, 6.45) is 8.11. The second-order valence-electron chi connectivity index (χ2n) is 10.8. The maximum absolute atomic E-state index is 12.8. The number of nitrogens with one attached hydrogen (secondary N) is 3. The van der Waals surface area contributed by atoms with Crippen LogP contribution < -0.4 is 16.0 Å². The van der Waals surface area contributed by atoms with Crippen molar-refractivity contribution in [2.45, 2.75) is 94.8 Å². The van der Waals surface area contributed by atoms with E-state index in [4.69, 9.17) is 18.9 Å². The summed E-state index contributed by atoms with van der Waals surface area (Å²) in [5.74, 6) is 0.475. The molecule has 35 heavy (non-hydrogen) atoms. The molecule has 3 N–H and O–H groups in total. The van der Waals surface area contributed by atoms with Crippen molar-refractivity contribution in [3.63, 3.8) is 0 Å². The van der Waals surface area contributed by atoms with Crippen LogP contribution in [0.15, 0.2) is 23.5 Å². The van der Waals surface area contributed by atoms with Crippen LogP contribution in [0.3, 0.4) is 0 Å². The highest BCUT2D eigenvalue weighted by Crippen LogP contribution is 2.59. The van der Waals surface area contributed by atoms with Crippen molar-refractivity contribution in [1.29, 1.82) is 0 Å². The number of hydrogen-bond donors (Lipinski definition) is 3. The molecule has 4 aliphatic rings. The summed E-state index contributed by atoms with van der Waals surface area (Å²) in [6.45, 7) is 7.27. The van der Waals surface area contributed by atoms with Gasteiger partial charge < -0.3 is 34.9 Å². The van der Waals surface area contributed by atoms with E-state index in [0.717, 1.165) is 32.1 Å². The molecule has 4 rings (SSSR count). The summed E-state index contributed by atoms with van der Waals surface area (Å²) in [4.78, 5) is 24.6. The number of rotatable bonds is 9. The van der Waals surface area contributed by atoms with E-state index in [9.17, 15) is 9.59 Å². The van der Waals surface area contributed by atoms with Gasteiger partial charge in [-0.2, -0.15) is 0 Å². The normalized spacial score (nSPS) is 37.7. The number of ether oxygens (including phenoxy) is 4. The first-order valence-corrected chi connectivity index (χ1v) is 12.8. The van der Waals surface area contributed by atoms with Crippen LogP contribution in [-0.4, -0.2) is 74.8 Å². The molecule has 0 aromatic rings. The van der Waals surface area contributed by atoms with E-state index in [1.54, 1.807) is 14.2 Å². The first-order valence-electron chi connectivity index (χ1n) is 12.8. The number of epoxide rings is 2. The highest BCUT2D eigenvalue weighted by molar-refractivity contribution is 5.78. The van der Waals surface area contributed by atoms with Crippen LogP contribution >= 0.6 is 0 Å². The van der Waals surface area contributed by atoms with Gasteiger partial charge >= 0.3 is 6.09 Å².